The normalized spacial score (nSPS) is 32.0. The molecule has 0 bridgehead atoms. The van der Waals surface area contributed by atoms with Gasteiger partial charge >= 0.3 is 0 Å². The molecule has 2 atom stereocenters. The molecular weight excluding hydrogens is 220 g/mol. The first-order chi connectivity index (χ1) is 8.66. The fourth-order valence-corrected chi connectivity index (χ4v) is 3.74. The molecular formula is C16H32N2. The van der Waals surface area contributed by atoms with Gasteiger partial charge in [0.15, 0.2) is 0 Å². The standard InChI is InChI=1S/C16H32N2/c1-13(2)16-11-17-14(3)12-18(16)10-9-15-7-5-4-6-8-15/h13-17H,4-12H2,1-3H3. The molecule has 2 aliphatic rings. The van der Waals surface area contributed by atoms with Crippen LogP contribution in [-0.2, 0) is 0 Å². The van der Waals surface area contributed by atoms with Gasteiger partial charge in [-0.3, -0.25) is 4.90 Å². The van der Waals surface area contributed by atoms with Crippen molar-refractivity contribution < 1.29 is 0 Å². The highest BCUT2D eigenvalue weighted by Crippen LogP contribution is 2.27. The lowest BCUT2D eigenvalue weighted by atomic mass is 9.86. The van der Waals surface area contributed by atoms with Gasteiger partial charge in [-0.15, -0.1) is 0 Å². The summed E-state index contributed by atoms with van der Waals surface area (Å²) in [5, 5.41) is 3.64. The molecule has 0 aromatic heterocycles. The third-order valence-corrected chi connectivity index (χ3v) is 4.97. The molecule has 106 valence electrons. The van der Waals surface area contributed by atoms with E-state index in [9.17, 15) is 0 Å². The van der Waals surface area contributed by atoms with Gasteiger partial charge in [-0.1, -0.05) is 46.0 Å². The predicted molar refractivity (Wildman–Crippen MR) is 78.9 cm³/mol. The van der Waals surface area contributed by atoms with Gasteiger partial charge in [0, 0.05) is 25.2 Å². The van der Waals surface area contributed by atoms with Crippen LogP contribution in [-0.4, -0.2) is 36.6 Å². The molecule has 2 rings (SSSR count). The van der Waals surface area contributed by atoms with E-state index >= 15 is 0 Å². The fourth-order valence-electron chi connectivity index (χ4n) is 3.74. The van der Waals surface area contributed by atoms with E-state index in [2.05, 4.69) is 31.0 Å². The second-order valence-corrected chi connectivity index (χ2v) is 6.91. The van der Waals surface area contributed by atoms with Crippen molar-refractivity contribution in [2.24, 2.45) is 11.8 Å². The van der Waals surface area contributed by atoms with E-state index in [1.807, 2.05) is 0 Å². The zero-order valence-corrected chi connectivity index (χ0v) is 12.6. The first-order valence-electron chi connectivity index (χ1n) is 8.14. The van der Waals surface area contributed by atoms with Crippen molar-refractivity contribution in [3.8, 4) is 0 Å². The van der Waals surface area contributed by atoms with Crippen molar-refractivity contribution in [2.75, 3.05) is 19.6 Å². The highest BCUT2D eigenvalue weighted by atomic mass is 15.2. The molecule has 18 heavy (non-hydrogen) atoms. The van der Waals surface area contributed by atoms with Gasteiger partial charge in [-0.25, -0.2) is 0 Å². The summed E-state index contributed by atoms with van der Waals surface area (Å²) in [5.74, 6) is 1.80. The summed E-state index contributed by atoms with van der Waals surface area (Å²) in [4.78, 5) is 2.76. The molecule has 1 aliphatic carbocycles. The van der Waals surface area contributed by atoms with Crippen LogP contribution in [0, 0.1) is 11.8 Å². The van der Waals surface area contributed by atoms with Crippen LogP contribution < -0.4 is 5.32 Å². The molecule has 0 amide bonds. The third-order valence-electron chi connectivity index (χ3n) is 4.97. The molecule has 1 saturated carbocycles. The number of hydrogen-bond donors (Lipinski definition) is 1. The van der Waals surface area contributed by atoms with E-state index in [4.69, 9.17) is 0 Å². The van der Waals surface area contributed by atoms with Gasteiger partial charge < -0.3 is 5.32 Å². The zero-order chi connectivity index (χ0) is 13.0. The minimum absolute atomic E-state index is 0.673. The fraction of sp³-hybridized carbons (Fsp3) is 1.00. The average Bonchev–Trinajstić information content (AvgIpc) is 2.37. The van der Waals surface area contributed by atoms with Crippen LogP contribution in [0.25, 0.3) is 0 Å². The number of nitrogens with one attached hydrogen (secondary N) is 1. The summed E-state index contributed by atoms with van der Waals surface area (Å²) in [7, 11) is 0. The molecule has 1 N–H and O–H groups in total. The Bertz CT molecular complexity index is 233. The van der Waals surface area contributed by atoms with Crippen LogP contribution >= 0.6 is 0 Å². The van der Waals surface area contributed by atoms with E-state index in [-0.39, 0.29) is 0 Å². The van der Waals surface area contributed by atoms with Crippen LogP contribution in [0.3, 0.4) is 0 Å². The highest BCUT2D eigenvalue weighted by molar-refractivity contribution is 4.86. The lowest BCUT2D eigenvalue weighted by molar-refractivity contribution is 0.0933. The van der Waals surface area contributed by atoms with E-state index < -0.39 is 0 Å². The van der Waals surface area contributed by atoms with Gasteiger partial charge in [-0.05, 0) is 31.7 Å². The maximum absolute atomic E-state index is 3.64. The second-order valence-electron chi connectivity index (χ2n) is 6.91. The number of hydrogen-bond acceptors (Lipinski definition) is 2. The van der Waals surface area contributed by atoms with Gasteiger partial charge in [0.25, 0.3) is 0 Å². The van der Waals surface area contributed by atoms with E-state index in [0.29, 0.717) is 6.04 Å². The van der Waals surface area contributed by atoms with Crippen LogP contribution in [0.4, 0.5) is 0 Å². The Balaban J connectivity index is 1.80. The first kappa shape index (κ1) is 14.3. The SMILES string of the molecule is CC1CN(CCC2CCCCC2)C(C(C)C)CN1. The Labute approximate surface area is 114 Å². The van der Waals surface area contributed by atoms with Crippen molar-refractivity contribution in [1.82, 2.24) is 10.2 Å². The Morgan fingerprint density at radius 2 is 1.89 bits per heavy atom. The summed E-state index contributed by atoms with van der Waals surface area (Å²) in [6.07, 6.45) is 8.88. The van der Waals surface area contributed by atoms with Crippen LogP contribution in [0.2, 0.25) is 0 Å². The summed E-state index contributed by atoms with van der Waals surface area (Å²) in [6.45, 7) is 10.8. The largest absolute Gasteiger partial charge is 0.311 e. The molecule has 2 fully saturated rings. The molecule has 0 aromatic rings. The minimum atomic E-state index is 0.673. The van der Waals surface area contributed by atoms with Crippen molar-refractivity contribution in [3.05, 3.63) is 0 Å². The number of nitrogens with zero attached hydrogens (tertiary/aromatic N) is 1. The molecule has 2 nitrogen and oxygen atoms in total. The zero-order valence-electron chi connectivity index (χ0n) is 12.6. The van der Waals surface area contributed by atoms with Gasteiger partial charge in [0.05, 0.1) is 0 Å². The van der Waals surface area contributed by atoms with Gasteiger partial charge in [0.2, 0.25) is 0 Å². The Morgan fingerprint density at radius 1 is 1.17 bits per heavy atom. The van der Waals surface area contributed by atoms with Crippen molar-refractivity contribution in [2.45, 2.75) is 71.4 Å². The smallest absolute Gasteiger partial charge is 0.0244 e. The van der Waals surface area contributed by atoms with Crippen LogP contribution in [0.5, 0.6) is 0 Å². The maximum Gasteiger partial charge on any atom is 0.0244 e. The van der Waals surface area contributed by atoms with Gasteiger partial charge in [-0.2, -0.15) is 0 Å². The van der Waals surface area contributed by atoms with Crippen LogP contribution in [0.15, 0.2) is 0 Å². The first-order valence-corrected chi connectivity index (χ1v) is 8.14. The van der Waals surface area contributed by atoms with E-state index in [1.165, 1.54) is 58.2 Å². The summed E-state index contributed by atoms with van der Waals surface area (Å²) in [5.41, 5.74) is 0. The molecule has 0 radical (unpaired) electrons. The summed E-state index contributed by atoms with van der Waals surface area (Å²) < 4.78 is 0. The second kappa shape index (κ2) is 6.91. The monoisotopic (exact) mass is 252 g/mol. The predicted octanol–water partition coefficient (Wildman–Crippen LogP) is 3.28. The van der Waals surface area contributed by atoms with E-state index in [0.717, 1.165) is 17.9 Å². The average molecular weight is 252 g/mol. The molecule has 1 aliphatic heterocycles. The van der Waals surface area contributed by atoms with Gasteiger partial charge in [0.1, 0.15) is 0 Å². The maximum atomic E-state index is 3.64. The van der Waals surface area contributed by atoms with Crippen molar-refractivity contribution >= 4 is 0 Å². The summed E-state index contributed by atoms with van der Waals surface area (Å²) >= 11 is 0. The third kappa shape index (κ3) is 3.96. The summed E-state index contributed by atoms with van der Waals surface area (Å²) in [6, 6.07) is 1.43. The van der Waals surface area contributed by atoms with Crippen LogP contribution in [0.1, 0.15) is 59.3 Å². The lowest BCUT2D eigenvalue weighted by Gasteiger charge is -2.42. The minimum Gasteiger partial charge on any atom is -0.311 e. The molecule has 1 saturated heterocycles. The number of rotatable bonds is 4. The molecule has 2 unspecified atom stereocenters. The molecule has 2 heteroatoms. The topological polar surface area (TPSA) is 15.3 Å². The Kier molecular flexibility index (Phi) is 5.50. The van der Waals surface area contributed by atoms with Crippen molar-refractivity contribution in [3.63, 3.8) is 0 Å². The van der Waals surface area contributed by atoms with E-state index in [1.54, 1.807) is 0 Å². The lowest BCUT2D eigenvalue weighted by Crippen LogP contribution is -2.57. The highest BCUT2D eigenvalue weighted by Gasteiger charge is 2.28. The molecule has 0 aromatic carbocycles. The molecule has 1 heterocycles. The Hall–Kier alpha value is -0.0800. The quantitative estimate of drug-likeness (QED) is 0.826. The number of piperazine rings is 1. The molecule has 0 spiro atoms. The Morgan fingerprint density at radius 3 is 2.56 bits per heavy atom. The van der Waals surface area contributed by atoms with Crippen molar-refractivity contribution in [1.29, 1.82) is 0 Å².